The number of esters is 1. The van der Waals surface area contributed by atoms with E-state index in [-0.39, 0.29) is 11.9 Å². The highest BCUT2D eigenvalue weighted by Crippen LogP contribution is 2.16. The predicted octanol–water partition coefficient (Wildman–Crippen LogP) is 2.82. The van der Waals surface area contributed by atoms with Crippen LogP contribution in [0.5, 0.6) is 0 Å². The van der Waals surface area contributed by atoms with Crippen LogP contribution in [0.2, 0.25) is 0 Å². The Labute approximate surface area is 96.8 Å². The van der Waals surface area contributed by atoms with E-state index in [0.29, 0.717) is 6.61 Å². The highest BCUT2D eigenvalue weighted by molar-refractivity contribution is 5.71. The standard InChI is InChI=1S/C13H19NO2/c1-4-14-12-8-6-5-7-11(12)9-16-13(15)10(2)3/h5-8,10,14H,4,9H2,1-3H3. The van der Waals surface area contributed by atoms with Crippen molar-refractivity contribution in [2.75, 3.05) is 11.9 Å². The van der Waals surface area contributed by atoms with Crippen molar-refractivity contribution in [3.05, 3.63) is 29.8 Å². The molecule has 1 N–H and O–H groups in total. The Kier molecular flexibility index (Phi) is 4.83. The molecule has 1 rings (SSSR count). The number of benzene rings is 1. The molecule has 0 amide bonds. The van der Waals surface area contributed by atoms with Crippen molar-refractivity contribution in [1.29, 1.82) is 0 Å². The van der Waals surface area contributed by atoms with Crippen LogP contribution in [0, 0.1) is 5.92 Å². The van der Waals surface area contributed by atoms with Crippen LogP contribution < -0.4 is 5.32 Å². The summed E-state index contributed by atoms with van der Waals surface area (Å²) >= 11 is 0. The van der Waals surface area contributed by atoms with E-state index in [1.165, 1.54) is 0 Å². The monoisotopic (exact) mass is 221 g/mol. The molecule has 0 saturated heterocycles. The minimum atomic E-state index is -0.161. The van der Waals surface area contributed by atoms with Gasteiger partial charge in [-0.3, -0.25) is 4.79 Å². The largest absolute Gasteiger partial charge is 0.461 e. The molecule has 0 fully saturated rings. The second-order valence-corrected chi connectivity index (χ2v) is 3.95. The molecule has 0 atom stereocenters. The summed E-state index contributed by atoms with van der Waals surface area (Å²) in [5.74, 6) is -0.238. The van der Waals surface area contributed by atoms with Gasteiger partial charge in [-0.05, 0) is 13.0 Å². The van der Waals surface area contributed by atoms with Crippen molar-refractivity contribution in [1.82, 2.24) is 0 Å². The van der Waals surface area contributed by atoms with Crippen LogP contribution in [0.1, 0.15) is 26.3 Å². The Bertz CT molecular complexity index is 348. The molecular formula is C13H19NO2. The van der Waals surface area contributed by atoms with Crippen molar-refractivity contribution >= 4 is 11.7 Å². The second kappa shape index (κ2) is 6.16. The molecule has 0 radical (unpaired) electrons. The Morgan fingerprint density at radius 3 is 2.69 bits per heavy atom. The minimum Gasteiger partial charge on any atom is -0.461 e. The number of carbonyl (C=O) groups is 1. The predicted molar refractivity (Wildman–Crippen MR) is 65.2 cm³/mol. The summed E-state index contributed by atoms with van der Waals surface area (Å²) in [4.78, 5) is 11.3. The number of hydrogen-bond acceptors (Lipinski definition) is 3. The summed E-state index contributed by atoms with van der Waals surface area (Å²) in [6.45, 7) is 6.89. The number of nitrogens with one attached hydrogen (secondary N) is 1. The number of hydrogen-bond donors (Lipinski definition) is 1. The molecule has 0 saturated carbocycles. The zero-order valence-corrected chi connectivity index (χ0v) is 10.1. The van der Waals surface area contributed by atoms with E-state index >= 15 is 0 Å². The molecule has 0 heterocycles. The van der Waals surface area contributed by atoms with Gasteiger partial charge in [0.15, 0.2) is 0 Å². The lowest BCUT2D eigenvalue weighted by Gasteiger charge is -2.11. The number of rotatable bonds is 5. The van der Waals surface area contributed by atoms with E-state index < -0.39 is 0 Å². The fraction of sp³-hybridized carbons (Fsp3) is 0.462. The quantitative estimate of drug-likeness (QED) is 0.777. The van der Waals surface area contributed by atoms with Crippen molar-refractivity contribution in [3.8, 4) is 0 Å². The summed E-state index contributed by atoms with van der Waals surface area (Å²) in [7, 11) is 0. The van der Waals surface area contributed by atoms with Crippen LogP contribution in [0.15, 0.2) is 24.3 Å². The SMILES string of the molecule is CCNc1ccccc1COC(=O)C(C)C. The third-order valence-electron chi connectivity index (χ3n) is 2.23. The van der Waals surface area contributed by atoms with Crippen LogP contribution in [0.25, 0.3) is 0 Å². The maximum absolute atomic E-state index is 11.3. The second-order valence-electron chi connectivity index (χ2n) is 3.95. The van der Waals surface area contributed by atoms with Crippen LogP contribution in [-0.4, -0.2) is 12.5 Å². The fourth-order valence-electron chi connectivity index (χ4n) is 1.32. The van der Waals surface area contributed by atoms with E-state index in [0.717, 1.165) is 17.8 Å². The minimum absolute atomic E-state index is 0.0775. The van der Waals surface area contributed by atoms with Gasteiger partial charge in [0.25, 0.3) is 0 Å². The zero-order chi connectivity index (χ0) is 12.0. The van der Waals surface area contributed by atoms with Crippen molar-refractivity contribution in [3.63, 3.8) is 0 Å². The third-order valence-corrected chi connectivity index (χ3v) is 2.23. The molecule has 0 aliphatic rings. The topological polar surface area (TPSA) is 38.3 Å². The average Bonchev–Trinajstić information content (AvgIpc) is 2.27. The first-order valence-corrected chi connectivity index (χ1v) is 5.63. The number of para-hydroxylation sites is 1. The lowest BCUT2D eigenvalue weighted by atomic mass is 10.2. The third kappa shape index (κ3) is 3.57. The molecule has 88 valence electrons. The number of anilines is 1. The Morgan fingerprint density at radius 1 is 1.38 bits per heavy atom. The maximum Gasteiger partial charge on any atom is 0.308 e. The van der Waals surface area contributed by atoms with E-state index in [9.17, 15) is 4.79 Å². The van der Waals surface area contributed by atoms with Gasteiger partial charge >= 0.3 is 5.97 Å². The van der Waals surface area contributed by atoms with Gasteiger partial charge in [-0.1, -0.05) is 32.0 Å². The molecule has 0 spiro atoms. The fourth-order valence-corrected chi connectivity index (χ4v) is 1.32. The van der Waals surface area contributed by atoms with Gasteiger partial charge in [0.2, 0.25) is 0 Å². The molecule has 3 heteroatoms. The van der Waals surface area contributed by atoms with Crippen molar-refractivity contribution < 1.29 is 9.53 Å². The molecule has 0 aliphatic carbocycles. The molecule has 1 aromatic rings. The summed E-state index contributed by atoms with van der Waals surface area (Å²) in [6, 6.07) is 7.86. The van der Waals surface area contributed by atoms with E-state index in [1.54, 1.807) is 0 Å². The van der Waals surface area contributed by atoms with E-state index in [2.05, 4.69) is 5.32 Å². The highest BCUT2D eigenvalue weighted by Gasteiger charge is 2.09. The van der Waals surface area contributed by atoms with Crippen LogP contribution in [0.3, 0.4) is 0 Å². The molecular weight excluding hydrogens is 202 g/mol. The lowest BCUT2D eigenvalue weighted by Crippen LogP contribution is -2.12. The highest BCUT2D eigenvalue weighted by atomic mass is 16.5. The molecule has 1 aromatic carbocycles. The van der Waals surface area contributed by atoms with Crippen molar-refractivity contribution in [2.45, 2.75) is 27.4 Å². The van der Waals surface area contributed by atoms with Gasteiger partial charge in [-0.25, -0.2) is 0 Å². The molecule has 0 unspecified atom stereocenters. The normalized spacial score (nSPS) is 10.2. The van der Waals surface area contributed by atoms with Gasteiger partial charge in [0.05, 0.1) is 5.92 Å². The Hall–Kier alpha value is -1.51. The first kappa shape index (κ1) is 12.6. The lowest BCUT2D eigenvalue weighted by molar-refractivity contribution is -0.148. The van der Waals surface area contributed by atoms with Gasteiger partial charge < -0.3 is 10.1 Å². The Balaban J connectivity index is 2.62. The van der Waals surface area contributed by atoms with Crippen LogP contribution >= 0.6 is 0 Å². The number of carbonyl (C=O) groups excluding carboxylic acids is 1. The van der Waals surface area contributed by atoms with Crippen LogP contribution in [0.4, 0.5) is 5.69 Å². The van der Waals surface area contributed by atoms with Gasteiger partial charge in [0.1, 0.15) is 6.61 Å². The zero-order valence-electron chi connectivity index (χ0n) is 10.1. The smallest absolute Gasteiger partial charge is 0.308 e. The average molecular weight is 221 g/mol. The van der Waals surface area contributed by atoms with E-state index in [1.807, 2.05) is 45.0 Å². The maximum atomic E-state index is 11.3. The Morgan fingerprint density at radius 2 is 2.06 bits per heavy atom. The van der Waals surface area contributed by atoms with E-state index in [4.69, 9.17) is 4.74 Å². The first-order valence-electron chi connectivity index (χ1n) is 5.63. The molecule has 0 aliphatic heterocycles. The molecule has 0 bridgehead atoms. The van der Waals surface area contributed by atoms with Crippen LogP contribution in [-0.2, 0) is 16.1 Å². The summed E-state index contributed by atoms with van der Waals surface area (Å²) in [6.07, 6.45) is 0. The van der Waals surface area contributed by atoms with Gasteiger partial charge in [-0.15, -0.1) is 0 Å². The van der Waals surface area contributed by atoms with Gasteiger partial charge in [0, 0.05) is 17.8 Å². The molecule has 0 aromatic heterocycles. The summed E-state index contributed by atoms with van der Waals surface area (Å²) < 4.78 is 5.20. The molecule has 16 heavy (non-hydrogen) atoms. The van der Waals surface area contributed by atoms with Gasteiger partial charge in [-0.2, -0.15) is 0 Å². The van der Waals surface area contributed by atoms with Crippen molar-refractivity contribution in [2.24, 2.45) is 5.92 Å². The molecule has 3 nitrogen and oxygen atoms in total. The first-order chi connectivity index (χ1) is 7.65. The summed E-state index contributed by atoms with van der Waals surface area (Å²) in [5, 5.41) is 3.24. The summed E-state index contributed by atoms with van der Waals surface area (Å²) in [5.41, 5.74) is 2.04. The number of ether oxygens (including phenoxy) is 1.